The van der Waals surface area contributed by atoms with Crippen molar-refractivity contribution in [3.05, 3.63) is 12.2 Å². The van der Waals surface area contributed by atoms with Crippen molar-refractivity contribution < 1.29 is 64.6 Å². The molecule has 2 fully saturated rings. The van der Waals surface area contributed by atoms with Gasteiger partial charge in [-0.3, -0.25) is 4.79 Å². The predicted octanol–water partition coefficient (Wildman–Crippen LogP) is 12.6. The molecule has 79 heavy (non-hydrogen) atoms. The van der Waals surface area contributed by atoms with E-state index >= 15 is 0 Å². The molecule has 2 aliphatic rings. The van der Waals surface area contributed by atoms with Gasteiger partial charge in [-0.25, -0.2) is 0 Å². The van der Waals surface area contributed by atoms with Gasteiger partial charge in [-0.05, 0) is 19.3 Å². The van der Waals surface area contributed by atoms with Crippen molar-refractivity contribution in [3.63, 3.8) is 0 Å². The average molecular weight is 1130 g/mol. The SMILES string of the molecule is CCCCCCCCCCCCCCCCCCCCC/C=C/C(O)C(COC1OC(CO)C(OC2OC(CO)C(O)C(O)C2O)C(O)C1O)NC(=O)CCCCCCCCCCCCCCCCCCCCCCCCCC. The van der Waals surface area contributed by atoms with Crippen LogP contribution in [0.5, 0.6) is 0 Å². The fourth-order valence-electron chi connectivity index (χ4n) is 11.4. The number of allylic oxidation sites excluding steroid dienone is 1. The number of carbonyl (C=O) groups is 1. The van der Waals surface area contributed by atoms with Crippen LogP contribution in [0.1, 0.15) is 303 Å². The van der Waals surface area contributed by atoms with E-state index in [0.717, 1.165) is 38.5 Å². The van der Waals surface area contributed by atoms with Crippen LogP contribution in [0.25, 0.3) is 0 Å². The Morgan fingerprint density at radius 3 is 1.16 bits per heavy atom. The van der Waals surface area contributed by atoms with Gasteiger partial charge in [0.2, 0.25) is 5.91 Å². The fourth-order valence-corrected chi connectivity index (χ4v) is 11.4. The van der Waals surface area contributed by atoms with E-state index in [2.05, 4.69) is 19.2 Å². The summed E-state index contributed by atoms with van der Waals surface area (Å²) in [5.74, 6) is -0.231. The van der Waals surface area contributed by atoms with Crippen molar-refractivity contribution in [2.24, 2.45) is 0 Å². The topological polar surface area (TPSA) is 228 Å². The van der Waals surface area contributed by atoms with Gasteiger partial charge in [-0.1, -0.05) is 289 Å². The third-order valence-electron chi connectivity index (χ3n) is 16.7. The molecule has 0 saturated carbocycles. The van der Waals surface area contributed by atoms with Crippen LogP contribution in [-0.4, -0.2) is 140 Å². The molecule has 14 heteroatoms. The minimum absolute atomic E-state index is 0.231. The summed E-state index contributed by atoms with van der Waals surface area (Å²) >= 11 is 0. The van der Waals surface area contributed by atoms with E-state index in [9.17, 15) is 45.6 Å². The molecule has 1 amide bonds. The van der Waals surface area contributed by atoms with Gasteiger partial charge in [0.15, 0.2) is 12.6 Å². The summed E-state index contributed by atoms with van der Waals surface area (Å²) in [6.07, 6.45) is 44.0. The monoisotopic (exact) mass is 1130 g/mol. The Hall–Kier alpha value is -1.27. The Labute approximate surface area is 482 Å². The number of aliphatic hydroxyl groups is 8. The molecule has 12 atom stereocenters. The van der Waals surface area contributed by atoms with Crippen molar-refractivity contribution in [2.45, 2.75) is 376 Å². The first-order valence-corrected chi connectivity index (χ1v) is 33.4. The smallest absolute Gasteiger partial charge is 0.220 e. The van der Waals surface area contributed by atoms with E-state index in [-0.39, 0.29) is 18.9 Å². The van der Waals surface area contributed by atoms with Gasteiger partial charge in [0.25, 0.3) is 0 Å². The number of carbonyl (C=O) groups excluding carboxylic acids is 1. The van der Waals surface area contributed by atoms with E-state index in [1.165, 1.54) is 238 Å². The molecule has 2 saturated heterocycles. The number of unbranched alkanes of at least 4 members (excludes halogenated alkanes) is 42. The number of nitrogens with one attached hydrogen (secondary N) is 1. The van der Waals surface area contributed by atoms with Crippen LogP contribution in [-0.2, 0) is 23.7 Å². The lowest BCUT2D eigenvalue weighted by Crippen LogP contribution is -2.65. The summed E-state index contributed by atoms with van der Waals surface area (Å²) in [4.78, 5) is 13.3. The molecule has 0 spiro atoms. The maximum absolute atomic E-state index is 13.3. The van der Waals surface area contributed by atoms with Crippen molar-refractivity contribution in [1.29, 1.82) is 0 Å². The largest absolute Gasteiger partial charge is 0.394 e. The van der Waals surface area contributed by atoms with Gasteiger partial charge < -0.3 is 65.1 Å². The molecular weight excluding hydrogens is 1000 g/mol. The Morgan fingerprint density at radius 2 is 0.785 bits per heavy atom. The van der Waals surface area contributed by atoms with Gasteiger partial charge in [0.1, 0.15) is 48.8 Å². The van der Waals surface area contributed by atoms with Crippen LogP contribution in [0, 0.1) is 0 Å². The molecule has 0 aromatic heterocycles. The second kappa shape index (κ2) is 51.2. The second-order valence-electron chi connectivity index (χ2n) is 24.0. The predicted molar refractivity (Wildman–Crippen MR) is 319 cm³/mol. The van der Waals surface area contributed by atoms with E-state index in [1.54, 1.807) is 6.08 Å². The van der Waals surface area contributed by atoms with Crippen molar-refractivity contribution in [1.82, 2.24) is 5.32 Å². The Balaban J connectivity index is 1.71. The highest BCUT2D eigenvalue weighted by atomic mass is 16.7. The van der Waals surface area contributed by atoms with Crippen LogP contribution in [0.2, 0.25) is 0 Å². The van der Waals surface area contributed by atoms with Crippen molar-refractivity contribution in [3.8, 4) is 0 Å². The molecule has 0 bridgehead atoms. The minimum Gasteiger partial charge on any atom is -0.394 e. The van der Waals surface area contributed by atoms with Crippen LogP contribution in [0.4, 0.5) is 0 Å². The van der Waals surface area contributed by atoms with Gasteiger partial charge in [0, 0.05) is 6.42 Å². The zero-order chi connectivity index (χ0) is 57.4. The lowest BCUT2D eigenvalue weighted by Gasteiger charge is -2.46. The third kappa shape index (κ3) is 36.2. The van der Waals surface area contributed by atoms with Crippen LogP contribution >= 0.6 is 0 Å². The zero-order valence-electron chi connectivity index (χ0n) is 50.6. The first kappa shape index (κ1) is 73.8. The Morgan fingerprint density at radius 1 is 0.443 bits per heavy atom. The summed E-state index contributed by atoms with van der Waals surface area (Å²) < 4.78 is 22.8. The van der Waals surface area contributed by atoms with E-state index in [4.69, 9.17) is 18.9 Å². The lowest BCUT2D eigenvalue weighted by atomic mass is 9.97. The number of ether oxygens (including phenoxy) is 4. The molecule has 468 valence electrons. The van der Waals surface area contributed by atoms with Gasteiger partial charge in [-0.15, -0.1) is 0 Å². The molecule has 0 aromatic carbocycles. The molecule has 0 aliphatic carbocycles. The molecule has 12 unspecified atom stereocenters. The molecule has 2 aliphatic heterocycles. The summed E-state index contributed by atoms with van der Waals surface area (Å²) in [5.41, 5.74) is 0. The second-order valence-corrected chi connectivity index (χ2v) is 24.0. The zero-order valence-corrected chi connectivity index (χ0v) is 50.6. The summed E-state index contributed by atoms with van der Waals surface area (Å²) in [5, 5.41) is 87.3. The summed E-state index contributed by atoms with van der Waals surface area (Å²) in [6, 6.07) is -0.910. The maximum atomic E-state index is 13.3. The molecular formula is C65H125NO13. The number of hydrogen-bond donors (Lipinski definition) is 9. The minimum atomic E-state index is -1.79. The Kier molecular flexibility index (Phi) is 47.8. The van der Waals surface area contributed by atoms with Crippen LogP contribution in [0.3, 0.4) is 0 Å². The molecule has 2 heterocycles. The fraction of sp³-hybridized carbons (Fsp3) is 0.954. The van der Waals surface area contributed by atoms with Crippen LogP contribution < -0.4 is 5.32 Å². The van der Waals surface area contributed by atoms with Crippen molar-refractivity contribution in [2.75, 3.05) is 19.8 Å². The molecule has 2 rings (SSSR count). The van der Waals surface area contributed by atoms with Gasteiger partial charge in [0.05, 0.1) is 32.0 Å². The quantitative estimate of drug-likeness (QED) is 0.0204. The lowest BCUT2D eigenvalue weighted by molar-refractivity contribution is -0.359. The van der Waals surface area contributed by atoms with E-state index in [0.29, 0.717) is 6.42 Å². The van der Waals surface area contributed by atoms with Crippen LogP contribution in [0.15, 0.2) is 12.2 Å². The first-order chi connectivity index (χ1) is 38.6. The molecule has 9 N–H and O–H groups in total. The first-order valence-electron chi connectivity index (χ1n) is 33.4. The molecule has 0 aromatic rings. The number of rotatable bonds is 55. The normalized spacial score (nSPS) is 24.4. The average Bonchev–Trinajstić information content (AvgIpc) is 3.48. The molecule has 0 radical (unpaired) electrons. The third-order valence-corrected chi connectivity index (χ3v) is 16.7. The van der Waals surface area contributed by atoms with Crippen molar-refractivity contribution >= 4 is 5.91 Å². The van der Waals surface area contributed by atoms with E-state index in [1.807, 2.05) is 6.08 Å². The van der Waals surface area contributed by atoms with Gasteiger partial charge in [-0.2, -0.15) is 0 Å². The highest BCUT2D eigenvalue weighted by Crippen LogP contribution is 2.30. The number of aliphatic hydroxyl groups excluding tert-OH is 8. The summed E-state index contributed by atoms with van der Waals surface area (Å²) in [7, 11) is 0. The molecule has 14 nitrogen and oxygen atoms in total. The maximum Gasteiger partial charge on any atom is 0.220 e. The number of hydrogen-bond acceptors (Lipinski definition) is 13. The van der Waals surface area contributed by atoms with E-state index < -0.39 is 86.8 Å². The number of amides is 1. The summed E-state index contributed by atoms with van der Waals surface area (Å²) in [6.45, 7) is 2.85. The highest BCUT2D eigenvalue weighted by molar-refractivity contribution is 5.76. The highest BCUT2D eigenvalue weighted by Gasteiger charge is 2.51. The van der Waals surface area contributed by atoms with Gasteiger partial charge >= 0.3 is 0 Å². The Bertz CT molecular complexity index is 1380. The standard InChI is InChI=1S/C65H125NO13/c1-3-5-7-9-11-13-15-17-19-21-23-25-26-27-29-31-33-35-37-39-41-43-45-47-49-57(70)66-53(54(69)48-46-44-42-40-38-36-34-32-30-28-24-22-20-18-16-14-12-10-8-6-4-2)52-76-64-62(75)60(73)63(56(51-68)78-64)79-65-61(74)59(72)58(71)55(50-67)77-65/h46,48,53-56,58-65,67-69,71-75H,3-45,47,49-52H2,1-2H3,(H,66,70)/b48-46+.